The molecule has 1 aromatic carbocycles. The van der Waals surface area contributed by atoms with Gasteiger partial charge in [0, 0.05) is 6.54 Å². The number of halogens is 3. The van der Waals surface area contributed by atoms with Crippen LogP contribution < -0.4 is 4.74 Å². The van der Waals surface area contributed by atoms with Crippen LogP contribution in [0.1, 0.15) is 83.6 Å². The number of aliphatic hydroxyl groups excluding tert-OH is 1. The van der Waals surface area contributed by atoms with Gasteiger partial charge in [-0.15, -0.1) is 0 Å². The van der Waals surface area contributed by atoms with Gasteiger partial charge in [-0.3, -0.25) is 9.69 Å². The summed E-state index contributed by atoms with van der Waals surface area (Å²) in [4.78, 5) is 13.4. The van der Waals surface area contributed by atoms with Crippen LogP contribution in [-0.4, -0.2) is 59.1 Å². The van der Waals surface area contributed by atoms with E-state index in [-0.39, 0.29) is 0 Å². The summed E-state index contributed by atoms with van der Waals surface area (Å²) in [7, 11) is 0. The molecule has 8 heteroatoms. The van der Waals surface area contributed by atoms with Crippen LogP contribution >= 0.6 is 0 Å². The minimum Gasteiger partial charge on any atom is -0.492 e. The van der Waals surface area contributed by atoms with Crippen LogP contribution in [0, 0.1) is 0 Å². The molecule has 1 rings (SSSR count). The van der Waals surface area contributed by atoms with Crippen molar-refractivity contribution in [2.45, 2.75) is 96.4 Å². The van der Waals surface area contributed by atoms with Crippen LogP contribution in [-0.2, 0) is 4.79 Å². The van der Waals surface area contributed by atoms with Gasteiger partial charge < -0.3 is 14.9 Å². The summed E-state index contributed by atoms with van der Waals surface area (Å²) in [5, 5.41) is 18.4. The van der Waals surface area contributed by atoms with Crippen molar-refractivity contribution in [1.29, 1.82) is 0 Å². The molecule has 0 aliphatic carbocycles. The molecule has 0 heterocycles. The Balaban J connectivity index is 2.37. The van der Waals surface area contributed by atoms with Gasteiger partial charge in [0.15, 0.2) is 6.10 Å². The molecule has 0 aliphatic rings. The van der Waals surface area contributed by atoms with Crippen LogP contribution in [0.15, 0.2) is 30.3 Å². The molecule has 200 valence electrons. The van der Waals surface area contributed by atoms with Crippen LogP contribution in [0.2, 0.25) is 0 Å². The van der Waals surface area contributed by atoms with Gasteiger partial charge in [0.1, 0.15) is 18.4 Å². The quantitative estimate of drug-likeness (QED) is 0.207. The van der Waals surface area contributed by atoms with E-state index in [4.69, 9.17) is 9.84 Å². The van der Waals surface area contributed by atoms with Gasteiger partial charge in [0.25, 0.3) is 0 Å². The molecule has 35 heavy (non-hydrogen) atoms. The topological polar surface area (TPSA) is 70.0 Å². The van der Waals surface area contributed by atoms with Crippen LogP contribution in [0.4, 0.5) is 13.2 Å². The number of carboxylic acid groups (broad SMARTS) is 1. The highest BCUT2D eigenvalue weighted by molar-refractivity contribution is 5.72. The lowest BCUT2D eigenvalue weighted by Crippen LogP contribution is -2.41. The molecule has 0 aromatic heterocycles. The molecule has 0 saturated carbocycles. The number of nitrogens with zero attached hydrogens (tertiary/aromatic N) is 1. The van der Waals surface area contributed by atoms with Crippen LogP contribution in [0.25, 0.3) is 6.08 Å². The maximum atomic E-state index is 12.4. The fourth-order valence-corrected chi connectivity index (χ4v) is 3.72. The average molecular weight is 502 g/mol. The van der Waals surface area contributed by atoms with Crippen molar-refractivity contribution in [3.8, 4) is 5.75 Å². The predicted molar refractivity (Wildman–Crippen MR) is 134 cm³/mol. The van der Waals surface area contributed by atoms with E-state index in [1.165, 1.54) is 57.4 Å². The van der Waals surface area contributed by atoms with Crippen LogP contribution in [0.5, 0.6) is 5.75 Å². The fourth-order valence-electron chi connectivity index (χ4n) is 3.72. The smallest absolute Gasteiger partial charge is 0.417 e. The Morgan fingerprint density at radius 2 is 1.51 bits per heavy atom. The number of hydrogen-bond donors (Lipinski definition) is 2. The molecule has 2 atom stereocenters. The molecule has 0 saturated heterocycles. The van der Waals surface area contributed by atoms with Gasteiger partial charge in [-0.1, -0.05) is 82.9 Å². The minimum absolute atomic E-state index is 0.303. The molecule has 2 N–H and O–H groups in total. The summed E-state index contributed by atoms with van der Waals surface area (Å²) in [6.45, 7) is 5.35. The number of rotatable bonds is 19. The van der Waals surface area contributed by atoms with Crippen molar-refractivity contribution in [2.24, 2.45) is 0 Å². The van der Waals surface area contributed by atoms with E-state index in [0.29, 0.717) is 37.1 Å². The summed E-state index contributed by atoms with van der Waals surface area (Å²) in [5.41, 5.74) is 0.503. The zero-order valence-corrected chi connectivity index (χ0v) is 21.1. The Bertz CT molecular complexity index is 722. The molecular formula is C27H42F3NO4. The van der Waals surface area contributed by atoms with Crippen molar-refractivity contribution in [2.75, 3.05) is 19.7 Å². The molecule has 0 fully saturated rings. The molecule has 0 amide bonds. The highest BCUT2D eigenvalue weighted by Gasteiger charge is 2.36. The van der Waals surface area contributed by atoms with Gasteiger partial charge in [-0.25, -0.2) is 0 Å². The maximum absolute atomic E-state index is 12.4. The van der Waals surface area contributed by atoms with Crippen molar-refractivity contribution in [3.05, 3.63) is 35.9 Å². The summed E-state index contributed by atoms with van der Waals surface area (Å²) < 4.78 is 42.8. The molecule has 0 bridgehead atoms. The van der Waals surface area contributed by atoms with Gasteiger partial charge >= 0.3 is 12.1 Å². The number of carboxylic acids is 1. The van der Waals surface area contributed by atoms with Gasteiger partial charge in [-0.05, 0) is 43.7 Å². The van der Waals surface area contributed by atoms with E-state index in [0.717, 1.165) is 12.8 Å². The Labute approximate surface area is 208 Å². The second-order valence-corrected chi connectivity index (χ2v) is 9.00. The first-order chi connectivity index (χ1) is 16.6. The molecule has 1 aromatic rings. The minimum atomic E-state index is -4.69. The molecule has 5 nitrogen and oxygen atoms in total. The number of aliphatic hydroxyl groups is 1. The lowest BCUT2D eigenvalue weighted by Gasteiger charge is -2.26. The monoisotopic (exact) mass is 501 g/mol. The Morgan fingerprint density at radius 3 is 2.03 bits per heavy atom. The van der Waals surface area contributed by atoms with E-state index in [9.17, 15) is 23.1 Å². The summed E-state index contributed by atoms with van der Waals surface area (Å²) in [6, 6.07) is 5.84. The average Bonchev–Trinajstić information content (AvgIpc) is 2.82. The molecule has 0 aliphatic heterocycles. The van der Waals surface area contributed by atoms with Gasteiger partial charge in [0.05, 0.1) is 0 Å². The van der Waals surface area contributed by atoms with E-state index in [2.05, 4.69) is 6.92 Å². The first kappa shape index (κ1) is 31.0. The molecule has 0 radical (unpaired) electrons. The van der Waals surface area contributed by atoms with Gasteiger partial charge in [0.2, 0.25) is 0 Å². The Kier molecular flexibility index (Phi) is 15.4. The number of hydrogen-bond acceptors (Lipinski definition) is 4. The summed E-state index contributed by atoms with van der Waals surface area (Å²) >= 11 is 0. The fraction of sp³-hybridized carbons (Fsp3) is 0.667. The Morgan fingerprint density at radius 1 is 0.971 bits per heavy atom. The standard InChI is InChI=1S/C27H42F3NO4/c1-3-4-5-6-7-8-9-10-11-12-19-31(22(2)26(33)34)20-21-35-24-16-13-23(14-17-24)15-18-25(32)27(28,29)30/h13-18,22,25,32H,3-12,19-21H2,1-2H3,(H,33,34). The molecular weight excluding hydrogens is 459 g/mol. The third kappa shape index (κ3) is 14.2. The summed E-state index contributed by atoms with van der Waals surface area (Å²) in [5.74, 6) is -0.324. The van der Waals surface area contributed by atoms with Crippen molar-refractivity contribution in [1.82, 2.24) is 4.90 Å². The largest absolute Gasteiger partial charge is 0.492 e. The van der Waals surface area contributed by atoms with Crippen molar-refractivity contribution in [3.63, 3.8) is 0 Å². The number of benzene rings is 1. The molecule has 2 unspecified atom stereocenters. The summed E-state index contributed by atoms with van der Waals surface area (Å²) in [6.07, 6.45) is 6.91. The van der Waals surface area contributed by atoms with Crippen LogP contribution in [0.3, 0.4) is 0 Å². The first-order valence-corrected chi connectivity index (χ1v) is 12.8. The lowest BCUT2D eigenvalue weighted by atomic mass is 10.1. The third-order valence-electron chi connectivity index (χ3n) is 6.04. The highest BCUT2D eigenvalue weighted by Crippen LogP contribution is 2.22. The first-order valence-electron chi connectivity index (χ1n) is 12.8. The van der Waals surface area contributed by atoms with Crippen molar-refractivity contribution >= 4 is 12.0 Å². The predicted octanol–water partition coefficient (Wildman–Crippen LogP) is 6.70. The Hall–Kier alpha value is -2.06. The van der Waals surface area contributed by atoms with Crippen molar-refractivity contribution < 1.29 is 32.9 Å². The second kappa shape index (κ2) is 17.4. The molecule has 0 spiro atoms. The van der Waals surface area contributed by atoms with E-state index in [1.807, 2.05) is 4.90 Å². The number of aliphatic carboxylic acids is 1. The maximum Gasteiger partial charge on any atom is 0.417 e. The normalized spacial score (nSPS) is 13.9. The highest BCUT2D eigenvalue weighted by atomic mass is 19.4. The number of alkyl halides is 3. The number of unbranched alkanes of at least 4 members (excludes halogenated alkanes) is 9. The second-order valence-electron chi connectivity index (χ2n) is 9.00. The van der Waals surface area contributed by atoms with E-state index < -0.39 is 24.3 Å². The lowest BCUT2D eigenvalue weighted by molar-refractivity contribution is -0.187. The zero-order valence-electron chi connectivity index (χ0n) is 21.1. The number of carbonyl (C=O) groups is 1. The third-order valence-corrected chi connectivity index (χ3v) is 6.04. The zero-order chi connectivity index (χ0) is 26.1. The SMILES string of the molecule is CCCCCCCCCCCCN(CCOc1ccc(C=CC(O)C(F)(F)F)cc1)C(C)C(=O)O. The van der Waals surface area contributed by atoms with E-state index in [1.54, 1.807) is 31.2 Å². The number of ether oxygens (including phenoxy) is 1. The van der Waals surface area contributed by atoms with E-state index >= 15 is 0 Å². The van der Waals surface area contributed by atoms with Gasteiger partial charge in [-0.2, -0.15) is 13.2 Å².